The number of rotatable bonds is 1. The molecule has 1 aliphatic carbocycles. The first kappa shape index (κ1) is 4.57. The smallest absolute Gasteiger partial charge is 0.0503 e. The fraction of sp³-hybridized carbons (Fsp3) is 0.714. The molecule has 1 unspecified atom stereocenters. The van der Waals surface area contributed by atoms with Crippen molar-refractivity contribution in [2.24, 2.45) is 17.8 Å². The molecule has 0 radical (unpaired) electrons. The quantitative estimate of drug-likeness (QED) is 0.459. The van der Waals surface area contributed by atoms with Crippen LogP contribution in [0.5, 0.6) is 0 Å². The Hall–Kier alpha value is -0.300. The van der Waals surface area contributed by atoms with Crippen molar-refractivity contribution >= 4 is 0 Å². The van der Waals surface area contributed by atoms with Gasteiger partial charge in [0.2, 0.25) is 0 Å². The van der Waals surface area contributed by atoms with Gasteiger partial charge in [0, 0.05) is 0 Å². The van der Waals surface area contributed by atoms with Crippen LogP contribution in [0.3, 0.4) is 0 Å². The Bertz CT molecular complexity index is 110. The van der Waals surface area contributed by atoms with Crippen LogP contribution in [-0.4, -0.2) is 13.2 Å². The van der Waals surface area contributed by atoms with Crippen LogP contribution >= 0.6 is 0 Å². The molecule has 1 heterocycles. The molecule has 0 amide bonds. The number of ether oxygens (including phenoxy) is 1. The Labute approximate surface area is 49.3 Å². The summed E-state index contributed by atoms with van der Waals surface area (Å²) in [5, 5.41) is 0. The zero-order chi connectivity index (χ0) is 5.56. The average Bonchev–Trinajstić information content (AvgIpc) is 2.22. The Balaban J connectivity index is 2.03. The van der Waals surface area contributed by atoms with E-state index in [1.165, 1.54) is 0 Å². The maximum atomic E-state index is 5.19. The van der Waals surface area contributed by atoms with E-state index in [0.717, 1.165) is 31.0 Å². The summed E-state index contributed by atoms with van der Waals surface area (Å²) in [6, 6.07) is 0. The maximum Gasteiger partial charge on any atom is 0.0503 e. The summed E-state index contributed by atoms with van der Waals surface area (Å²) >= 11 is 0. The molecular weight excluding hydrogens is 100 g/mol. The fourth-order valence-electron chi connectivity index (χ4n) is 1.63. The van der Waals surface area contributed by atoms with Crippen molar-refractivity contribution in [2.75, 3.05) is 13.2 Å². The summed E-state index contributed by atoms with van der Waals surface area (Å²) in [5.41, 5.74) is 0. The van der Waals surface area contributed by atoms with Crippen molar-refractivity contribution < 1.29 is 4.74 Å². The highest BCUT2D eigenvalue weighted by atomic mass is 16.5. The monoisotopic (exact) mass is 110 g/mol. The van der Waals surface area contributed by atoms with Gasteiger partial charge in [0.15, 0.2) is 0 Å². The standard InChI is InChI=1S/C7H10O/c1-2-5-6-3-8-4-7(5)6/h2,5-7H,1,3-4H2/t5?,6-,7+. The summed E-state index contributed by atoms with van der Waals surface area (Å²) < 4.78 is 5.19. The van der Waals surface area contributed by atoms with E-state index in [4.69, 9.17) is 4.74 Å². The van der Waals surface area contributed by atoms with Gasteiger partial charge in [-0.2, -0.15) is 0 Å². The van der Waals surface area contributed by atoms with Crippen LogP contribution in [-0.2, 0) is 4.74 Å². The van der Waals surface area contributed by atoms with Gasteiger partial charge < -0.3 is 4.74 Å². The van der Waals surface area contributed by atoms with Gasteiger partial charge in [0.25, 0.3) is 0 Å². The number of hydrogen-bond acceptors (Lipinski definition) is 1. The zero-order valence-corrected chi connectivity index (χ0v) is 4.84. The number of hydrogen-bond donors (Lipinski definition) is 0. The normalized spacial score (nSPS) is 50.8. The molecule has 1 heteroatoms. The number of allylic oxidation sites excluding steroid dienone is 1. The second-order valence-corrected chi connectivity index (χ2v) is 2.68. The molecule has 2 rings (SSSR count). The van der Waals surface area contributed by atoms with Gasteiger partial charge in [-0.15, -0.1) is 6.58 Å². The molecule has 0 N–H and O–H groups in total. The third kappa shape index (κ3) is 0.402. The van der Waals surface area contributed by atoms with Gasteiger partial charge in [0.05, 0.1) is 13.2 Å². The van der Waals surface area contributed by atoms with Crippen molar-refractivity contribution in [3.63, 3.8) is 0 Å². The minimum absolute atomic E-state index is 0.809. The summed E-state index contributed by atoms with van der Waals surface area (Å²) in [4.78, 5) is 0. The Kier molecular flexibility index (Phi) is 0.770. The van der Waals surface area contributed by atoms with E-state index in [-0.39, 0.29) is 0 Å². The van der Waals surface area contributed by atoms with Crippen LogP contribution in [0.2, 0.25) is 0 Å². The lowest BCUT2D eigenvalue weighted by atomic mass is 10.3. The summed E-state index contributed by atoms with van der Waals surface area (Å²) in [6.07, 6.45) is 2.07. The fourth-order valence-corrected chi connectivity index (χ4v) is 1.63. The first-order chi connectivity index (χ1) is 3.93. The van der Waals surface area contributed by atoms with E-state index in [1.807, 2.05) is 0 Å². The molecule has 1 saturated heterocycles. The minimum atomic E-state index is 0.809. The highest BCUT2D eigenvalue weighted by molar-refractivity contribution is 5.08. The molecule has 1 aliphatic heterocycles. The molecule has 1 saturated carbocycles. The first-order valence-corrected chi connectivity index (χ1v) is 3.14. The maximum absolute atomic E-state index is 5.19. The molecule has 0 aromatic heterocycles. The molecule has 0 spiro atoms. The minimum Gasteiger partial charge on any atom is -0.381 e. The van der Waals surface area contributed by atoms with Crippen molar-refractivity contribution in [3.8, 4) is 0 Å². The van der Waals surface area contributed by atoms with E-state index < -0.39 is 0 Å². The lowest BCUT2D eigenvalue weighted by Gasteiger charge is -1.94. The van der Waals surface area contributed by atoms with Crippen LogP contribution < -0.4 is 0 Å². The van der Waals surface area contributed by atoms with Crippen molar-refractivity contribution in [2.45, 2.75) is 0 Å². The second-order valence-electron chi connectivity index (χ2n) is 2.68. The van der Waals surface area contributed by atoms with E-state index in [0.29, 0.717) is 0 Å². The lowest BCUT2D eigenvalue weighted by molar-refractivity contribution is 0.157. The van der Waals surface area contributed by atoms with Crippen LogP contribution in [0.1, 0.15) is 0 Å². The summed E-state index contributed by atoms with van der Waals surface area (Å²) in [5.74, 6) is 2.52. The predicted octanol–water partition coefficient (Wildman–Crippen LogP) is 1.06. The molecule has 8 heavy (non-hydrogen) atoms. The SMILES string of the molecule is C=CC1[C@H]2COC[C@@H]12. The summed E-state index contributed by atoms with van der Waals surface area (Å²) in [6.45, 7) is 5.72. The highest BCUT2D eigenvalue weighted by Crippen LogP contribution is 2.51. The average molecular weight is 110 g/mol. The van der Waals surface area contributed by atoms with Crippen molar-refractivity contribution in [1.82, 2.24) is 0 Å². The molecule has 0 bridgehead atoms. The van der Waals surface area contributed by atoms with E-state index >= 15 is 0 Å². The topological polar surface area (TPSA) is 9.23 Å². The second kappa shape index (κ2) is 1.35. The Morgan fingerprint density at radius 2 is 2.00 bits per heavy atom. The molecule has 0 aromatic carbocycles. The van der Waals surface area contributed by atoms with Gasteiger partial charge in [0.1, 0.15) is 0 Å². The molecular formula is C7H10O. The molecule has 0 aromatic rings. The Morgan fingerprint density at radius 1 is 1.38 bits per heavy atom. The van der Waals surface area contributed by atoms with Crippen LogP contribution in [0, 0.1) is 17.8 Å². The summed E-state index contributed by atoms with van der Waals surface area (Å²) in [7, 11) is 0. The van der Waals surface area contributed by atoms with Crippen LogP contribution in [0.15, 0.2) is 12.7 Å². The molecule has 1 nitrogen and oxygen atoms in total. The van der Waals surface area contributed by atoms with Gasteiger partial charge >= 0.3 is 0 Å². The lowest BCUT2D eigenvalue weighted by Crippen LogP contribution is -1.94. The van der Waals surface area contributed by atoms with Gasteiger partial charge in [-0.25, -0.2) is 0 Å². The van der Waals surface area contributed by atoms with E-state index in [9.17, 15) is 0 Å². The van der Waals surface area contributed by atoms with Gasteiger partial charge in [-0.3, -0.25) is 0 Å². The van der Waals surface area contributed by atoms with Crippen LogP contribution in [0.4, 0.5) is 0 Å². The van der Waals surface area contributed by atoms with Gasteiger partial charge in [-0.1, -0.05) is 6.08 Å². The van der Waals surface area contributed by atoms with E-state index in [2.05, 4.69) is 12.7 Å². The molecule has 2 fully saturated rings. The molecule has 3 atom stereocenters. The van der Waals surface area contributed by atoms with Gasteiger partial charge in [-0.05, 0) is 17.8 Å². The largest absolute Gasteiger partial charge is 0.381 e. The van der Waals surface area contributed by atoms with Crippen LogP contribution in [0.25, 0.3) is 0 Å². The zero-order valence-electron chi connectivity index (χ0n) is 4.84. The van der Waals surface area contributed by atoms with Crippen molar-refractivity contribution in [3.05, 3.63) is 12.7 Å². The third-order valence-electron chi connectivity index (χ3n) is 2.29. The molecule has 2 aliphatic rings. The molecule has 44 valence electrons. The number of fused-ring (bicyclic) bond motifs is 1. The van der Waals surface area contributed by atoms with Crippen molar-refractivity contribution in [1.29, 1.82) is 0 Å². The highest BCUT2D eigenvalue weighted by Gasteiger charge is 2.51. The predicted molar refractivity (Wildman–Crippen MR) is 31.5 cm³/mol. The third-order valence-corrected chi connectivity index (χ3v) is 2.29. The Morgan fingerprint density at radius 3 is 2.38 bits per heavy atom. The van der Waals surface area contributed by atoms with E-state index in [1.54, 1.807) is 0 Å². The first-order valence-electron chi connectivity index (χ1n) is 3.14.